The second kappa shape index (κ2) is 8.87. The average molecular weight is 340 g/mol. The van der Waals surface area contributed by atoms with Crippen molar-refractivity contribution in [2.45, 2.75) is 27.4 Å². The highest BCUT2D eigenvalue weighted by Crippen LogP contribution is 2.24. The monoisotopic (exact) mass is 340 g/mol. The van der Waals surface area contributed by atoms with Gasteiger partial charge in [0.2, 0.25) is 0 Å². The molecule has 5 nitrogen and oxygen atoms in total. The first kappa shape index (κ1) is 18.5. The Morgan fingerprint density at radius 3 is 2.72 bits per heavy atom. The summed E-state index contributed by atoms with van der Waals surface area (Å²) in [4.78, 5) is 18.6. The Morgan fingerprint density at radius 2 is 1.96 bits per heavy atom. The number of hydrogen-bond donors (Lipinski definition) is 0. The molecule has 0 N–H and O–H groups in total. The van der Waals surface area contributed by atoms with Crippen molar-refractivity contribution < 1.29 is 14.4 Å². The van der Waals surface area contributed by atoms with Gasteiger partial charge in [0.1, 0.15) is 25.2 Å². The Morgan fingerprint density at radius 1 is 1.20 bits per heavy atom. The van der Waals surface area contributed by atoms with Gasteiger partial charge >= 0.3 is 0 Å². The zero-order chi connectivity index (χ0) is 18.2. The maximum Gasteiger partial charge on any atom is 0.272 e. The van der Waals surface area contributed by atoms with Crippen LogP contribution in [0.5, 0.6) is 5.75 Å². The third-order valence-corrected chi connectivity index (χ3v) is 3.78. The fraction of sp³-hybridized carbons (Fsp3) is 0.300. The minimum absolute atomic E-state index is 0.257. The zero-order valence-electron chi connectivity index (χ0n) is 15.2. The van der Waals surface area contributed by atoms with Gasteiger partial charge in [-0.15, -0.1) is 0 Å². The van der Waals surface area contributed by atoms with Crippen molar-refractivity contribution in [1.82, 2.24) is 0 Å². The smallest absolute Gasteiger partial charge is 0.272 e. The molecule has 0 aliphatic carbocycles. The van der Waals surface area contributed by atoms with Gasteiger partial charge in [-0.1, -0.05) is 35.5 Å². The lowest BCUT2D eigenvalue weighted by Gasteiger charge is -2.19. The summed E-state index contributed by atoms with van der Waals surface area (Å²) in [5.74, 6) is 0.592. The molecule has 1 amide bonds. The highest BCUT2D eigenvalue weighted by atomic mass is 16.6. The lowest BCUT2D eigenvalue weighted by atomic mass is 10.1. The van der Waals surface area contributed by atoms with E-state index in [1.807, 2.05) is 57.2 Å². The van der Waals surface area contributed by atoms with E-state index < -0.39 is 0 Å². The van der Waals surface area contributed by atoms with E-state index in [0.717, 1.165) is 28.1 Å². The molecule has 0 aliphatic heterocycles. The van der Waals surface area contributed by atoms with Gasteiger partial charge < -0.3 is 14.5 Å². The molecule has 0 radical (unpaired) electrons. The Bertz CT molecular complexity index is 756. The third kappa shape index (κ3) is 5.08. The number of aryl methyl sites for hydroxylation is 2. The second-order valence-electron chi connectivity index (χ2n) is 5.74. The van der Waals surface area contributed by atoms with Crippen LogP contribution >= 0.6 is 0 Å². The minimum atomic E-state index is -0.257. The Labute approximate surface area is 148 Å². The highest BCUT2D eigenvalue weighted by molar-refractivity contribution is 6.32. The summed E-state index contributed by atoms with van der Waals surface area (Å²) in [5.41, 5.74) is 3.93. The van der Waals surface area contributed by atoms with E-state index >= 15 is 0 Å². The molecule has 2 aromatic rings. The second-order valence-corrected chi connectivity index (χ2v) is 5.74. The average Bonchev–Trinajstić information content (AvgIpc) is 2.62. The summed E-state index contributed by atoms with van der Waals surface area (Å²) in [5, 5.41) is 3.63. The Hall–Kier alpha value is -2.82. The van der Waals surface area contributed by atoms with Gasteiger partial charge in [0, 0.05) is 12.6 Å². The van der Waals surface area contributed by atoms with Gasteiger partial charge in [-0.2, -0.15) is 0 Å². The van der Waals surface area contributed by atoms with Crippen LogP contribution in [0.1, 0.15) is 23.6 Å². The number of ether oxygens (including phenoxy) is 1. The van der Waals surface area contributed by atoms with E-state index in [1.165, 1.54) is 11.1 Å². The van der Waals surface area contributed by atoms with Crippen LogP contribution in [-0.4, -0.2) is 25.8 Å². The molecule has 2 aromatic carbocycles. The predicted octanol–water partition coefficient (Wildman–Crippen LogP) is 3.87. The number of benzene rings is 2. The van der Waals surface area contributed by atoms with Crippen LogP contribution in [0.15, 0.2) is 47.6 Å². The largest absolute Gasteiger partial charge is 0.489 e. The standard InChI is InChI=1S/C20H24N2O3/c1-5-25-21-13-20(23)22(4)18-9-7-6-8-17(18)14-24-19-12-15(2)10-11-16(19)3/h6-13H,5,14H2,1-4H3. The van der Waals surface area contributed by atoms with Crippen LogP contribution in [-0.2, 0) is 16.2 Å². The first-order valence-corrected chi connectivity index (χ1v) is 8.24. The third-order valence-electron chi connectivity index (χ3n) is 3.78. The summed E-state index contributed by atoms with van der Waals surface area (Å²) in [6.45, 7) is 6.66. The van der Waals surface area contributed by atoms with E-state index in [-0.39, 0.29) is 5.91 Å². The summed E-state index contributed by atoms with van der Waals surface area (Å²) in [7, 11) is 1.71. The van der Waals surface area contributed by atoms with E-state index in [4.69, 9.17) is 9.57 Å². The van der Waals surface area contributed by atoms with Crippen LogP contribution in [0.4, 0.5) is 5.69 Å². The summed E-state index contributed by atoms with van der Waals surface area (Å²) >= 11 is 0. The van der Waals surface area contributed by atoms with E-state index in [0.29, 0.717) is 13.2 Å². The molecule has 0 aromatic heterocycles. The number of hydrogen-bond acceptors (Lipinski definition) is 4. The summed E-state index contributed by atoms with van der Waals surface area (Å²) in [6, 6.07) is 13.8. The Balaban J connectivity index is 2.14. The lowest BCUT2D eigenvalue weighted by Crippen LogP contribution is -2.28. The quantitative estimate of drug-likeness (QED) is 0.568. The van der Waals surface area contributed by atoms with Gasteiger partial charge in [-0.05, 0) is 44.0 Å². The van der Waals surface area contributed by atoms with Crippen molar-refractivity contribution >= 4 is 17.8 Å². The predicted molar refractivity (Wildman–Crippen MR) is 100 cm³/mol. The van der Waals surface area contributed by atoms with Crippen LogP contribution in [0, 0.1) is 13.8 Å². The molecule has 2 rings (SSSR count). The molecule has 132 valence electrons. The molecular weight excluding hydrogens is 316 g/mol. The first-order valence-electron chi connectivity index (χ1n) is 8.24. The molecule has 0 fully saturated rings. The van der Waals surface area contributed by atoms with Gasteiger partial charge in [0.25, 0.3) is 5.91 Å². The topological polar surface area (TPSA) is 51.1 Å². The van der Waals surface area contributed by atoms with Gasteiger partial charge in [0.15, 0.2) is 0 Å². The molecule has 0 saturated heterocycles. The van der Waals surface area contributed by atoms with Crippen molar-refractivity contribution in [2.24, 2.45) is 5.16 Å². The fourth-order valence-electron chi connectivity index (χ4n) is 2.34. The number of para-hydroxylation sites is 1. The zero-order valence-corrected chi connectivity index (χ0v) is 15.2. The van der Waals surface area contributed by atoms with Crippen LogP contribution < -0.4 is 9.64 Å². The molecule has 25 heavy (non-hydrogen) atoms. The fourth-order valence-corrected chi connectivity index (χ4v) is 2.34. The number of carbonyl (C=O) groups is 1. The molecule has 0 heterocycles. The highest BCUT2D eigenvalue weighted by Gasteiger charge is 2.13. The molecule has 0 saturated carbocycles. The number of oxime groups is 1. The summed E-state index contributed by atoms with van der Waals surface area (Å²) in [6.07, 6.45) is 1.17. The molecule has 0 unspecified atom stereocenters. The van der Waals surface area contributed by atoms with E-state index in [2.05, 4.69) is 11.2 Å². The minimum Gasteiger partial charge on any atom is -0.489 e. The molecule has 0 bridgehead atoms. The van der Waals surface area contributed by atoms with Crippen LogP contribution in [0.3, 0.4) is 0 Å². The van der Waals surface area contributed by atoms with Gasteiger partial charge in [-0.25, -0.2) is 0 Å². The lowest BCUT2D eigenvalue weighted by molar-refractivity contribution is -0.112. The van der Waals surface area contributed by atoms with Crippen LogP contribution in [0.2, 0.25) is 0 Å². The van der Waals surface area contributed by atoms with E-state index in [1.54, 1.807) is 7.05 Å². The number of carbonyl (C=O) groups excluding carboxylic acids is 1. The first-order chi connectivity index (χ1) is 12.0. The maximum absolute atomic E-state index is 12.2. The van der Waals surface area contributed by atoms with Crippen molar-refractivity contribution in [3.8, 4) is 5.75 Å². The van der Waals surface area contributed by atoms with Gasteiger partial charge in [0.05, 0.1) is 5.69 Å². The summed E-state index contributed by atoms with van der Waals surface area (Å²) < 4.78 is 5.98. The Kier molecular flexibility index (Phi) is 6.57. The number of amides is 1. The van der Waals surface area contributed by atoms with Crippen molar-refractivity contribution in [3.05, 3.63) is 59.2 Å². The van der Waals surface area contributed by atoms with Crippen molar-refractivity contribution in [1.29, 1.82) is 0 Å². The van der Waals surface area contributed by atoms with Crippen molar-refractivity contribution in [2.75, 3.05) is 18.6 Å². The van der Waals surface area contributed by atoms with Gasteiger partial charge in [-0.3, -0.25) is 4.79 Å². The molecule has 0 spiro atoms. The van der Waals surface area contributed by atoms with Crippen LogP contribution in [0.25, 0.3) is 0 Å². The molecule has 0 atom stereocenters. The molecule has 5 heteroatoms. The van der Waals surface area contributed by atoms with Crippen molar-refractivity contribution in [3.63, 3.8) is 0 Å². The maximum atomic E-state index is 12.2. The molecule has 0 aliphatic rings. The normalized spacial score (nSPS) is 10.7. The number of nitrogens with zero attached hydrogens (tertiary/aromatic N) is 2. The van der Waals surface area contributed by atoms with E-state index in [9.17, 15) is 4.79 Å². The number of anilines is 1. The number of rotatable bonds is 7. The molecular formula is C20H24N2O3. The SMILES string of the molecule is CCON=CC(=O)N(C)c1ccccc1COc1cc(C)ccc1C.